The average molecular weight is 396 g/mol. The number of nitro benzene ring substituents is 1. The Bertz CT molecular complexity index is 923. The van der Waals surface area contributed by atoms with Gasteiger partial charge in [-0.05, 0) is 49.6 Å². The first kappa shape index (κ1) is 20.3. The second kappa shape index (κ2) is 9.18. The van der Waals surface area contributed by atoms with E-state index in [1.807, 2.05) is 17.9 Å². The number of amides is 2. The molecule has 0 aliphatic carbocycles. The number of hydrogen-bond acceptors (Lipinski definition) is 5. The second-order valence-electron chi connectivity index (χ2n) is 6.90. The molecule has 2 aromatic carbocycles. The van der Waals surface area contributed by atoms with Gasteiger partial charge in [-0.3, -0.25) is 19.7 Å². The van der Waals surface area contributed by atoms with Crippen molar-refractivity contribution >= 4 is 23.2 Å². The Morgan fingerprint density at radius 1 is 1.03 bits per heavy atom. The molecule has 2 aromatic rings. The molecule has 0 aromatic heterocycles. The number of carbonyl (C=O) groups excluding carboxylic acids is 2. The Morgan fingerprint density at radius 3 is 2.41 bits per heavy atom. The molecule has 0 radical (unpaired) electrons. The molecule has 8 nitrogen and oxygen atoms in total. The van der Waals surface area contributed by atoms with E-state index >= 15 is 0 Å². The number of nitrogens with zero attached hydrogens (tertiary/aromatic N) is 2. The minimum absolute atomic E-state index is 0.0576. The van der Waals surface area contributed by atoms with Crippen molar-refractivity contribution < 1.29 is 14.5 Å². The highest BCUT2D eigenvalue weighted by molar-refractivity contribution is 5.96. The number of benzene rings is 2. The number of carbonyl (C=O) groups is 2. The molecule has 152 valence electrons. The zero-order chi connectivity index (χ0) is 20.8. The van der Waals surface area contributed by atoms with E-state index in [-0.39, 0.29) is 23.7 Å². The molecular formula is C21H24N4O4. The number of anilines is 1. The lowest BCUT2D eigenvalue weighted by Crippen LogP contribution is -2.25. The average Bonchev–Trinajstić information content (AvgIpc) is 3.26. The van der Waals surface area contributed by atoms with Gasteiger partial charge in [0, 0.05) is 43.4 Å². The van der Waals surface area contributed by atoms with Crippen LogP contribution < -0.4 is 15.5 Å². The fourth-order valence-corrected chi connectivity index (χ4v) is 3.41. The van der Waals surface area contributed by atoms with E-state index < -0.39 is 10.8 Å². The molecular weight excluding hydrogens is 372 g/mol. The van der Waals surface area contributed by atoms with Gasteiger partial charge in [0.2, 0.25) is 0 Å². The zero-order valence-corrected chi connectivity index (χ0v) is 16.3. The van der Waals surface area contributed by atoms with Crippen molar-refractivity contribution in [3.05, 3.63) is 69.3 Å². The van der Waals surface area contributed by atoms with Crippen LogP contribution in [0.2, 0.25) is 0 Å². The second-order valence-corrected chi connectivity index (χ2v) is 6.90. The molecule has 0 unspecified atom stereocenters. The van der Waals surface area contributed by atoms with Crippen molar-refractivity contribution in [2.45, 2.75) is 26.3 Å². The van der Waals surface area contributed by atoms with Gasteiger partial charge >= 0.3 is 0 Å². The SMILES string of the molecule is CCNC(=O)c1cccc(CNC(=O)c2ccc(N3CCCC3)c([N+](=O)[O-])c2)c1. The molecule has 2 amide bonds. The molecule has 1 aliphatic rings. The summed E-state index contributed by atoms with van der Waals surface area (Å²) >= 11 is 0. The summed E-state index contributed by atoms with van der Waals surface area (Å²) in [5.41, 5.74) is 2.02. The van der Waals surface area contributed by atoms with E-state index in [1.165, 1.54) is 6.07 Å². The summed E-state index contributed by atoms with van der Waals surface area (Å²) in [6.07, 6.45) is 2.02. The van der Waals surface area contributed by atoms with Gasteiger partial charge in [0.25, 0.3) is 17.5 Å². The van der Waals surface area contributed by atoms with E-state index in [1.54, 1.807) is 30.3 Å². The molecule has 8 heteroatoms. The highest BCUT2D eigenvalue weighted by atomic mass is 16.6. The van der Waals surface area contributed by atoms with Gasteiger partial charge in [-0.15, -0.1) is 0 Å². The third kappa shape index (κ3) is 4.90. The molecule has 1 aliphatic heterocycles. The van der Waals surface area contributed by atoms with Crippen LogP contribution in [0.15, 0.2) is 42.5 Å². The molecule has 2 N–H and O–H groups in total. The van der Waals surface area contributed by atoms with Crippen LogP contribution in [0.25, 0.3) is 0 Å². The highest BCUT2D eigenvalue weighted by Gasteiger charge is 2.23. The number of nitrogens with one attached hydrogen (secondary N) is 2. The van der Waals surface area contributed by atoms with Crippen molar-refractivity contribution in [1.29, 1.82) is 0 Å². The summed E-state index contributed by atoms with van der Waals surface area (Å²) in [6, 6.07) is 11.6. The van der Waals surface area contributed by atoms with Crippen LogP contribution in [0.3, 0.4) is 0 Å². The molecule has 0 atom stereocenters. The molecule has 3 rings (SSSR count). The van der Waals surface area contributed by atoms with Gasteiger partial charge < -0.3 is 15.5 Å². The van der Waals surface area contributed by atoms with Crippen molar-refractivity contribution in [3.63, 3.8) is 0 Å². The molecule has 0 saturated carbocycles. The number of nitro groups is 1. The maximum absolute atomic E-state index is 12.5. The van der Waals surface area contributed by atoms with Crippen LogP contribution in [0.4, 0.5) is 11.4 Å². The Kier molecular flexibility index (Phi) is 6.43. The first-order chi connectivity index (χ1) is 14.0. The van der Waals surface area contributed by atoms with Crippen LogP contribution in [0.1, 0.15) is 46.0 Å². The largest absolute Gasteiger partial charge is 0.366 e. The predicted octanol–water partition coefficient (Wildman–Crippen LogP) is 2.87. The van der Waals surface area contributed by atoms with Gasteiger partial charge in [0.05, 0.1) is 4.92 Å². The predicted molar refractivity (Wildman–Crippen MR) is 110 cm³/mol. The normalized spacial score (nSPS) is 13.2. The van der Waals surface area contributed by atoms with Crippen molar-refractivity contribution in [2.24, 2.45) is 0 Å². The summed E-state index contributed by atoms with van der Waals surface area (Å²) in [6.45, 7) is 4.17. The fourth-order valence-electron chi connectivity index (χ4n) is 3.41. The van der Waals surface area contributed by atoms with Crippen LogP contribution >= 0.6 is 0 Å². The van der Waals surface area contributed by atoms with E-state index in [9.17, 15) is 19.7 Å². The molecule has 29 heavy (non-hydrogen) atoms. The zero-order valence-electron chi connectivity index (χ0n) is 16.3. The molecule has 1 saturated heterocycles. The molecule has 0 spiro atoms. The number of rotatable bonds is 7. The molecule has 1 heterocycles. The maximum atomic E-state index is 12.5. The first-order valence-corrected chi connectivity index (χ1v) is 9.68. The Morgan fingerprint density at radius 2 is 1.72 bits per heavy atom. The van der Waals surface area contributed by atoms with Crippen LogP contribution in [-0.4, -0.2) is 36.4 Å². The summed E-state index contributed by atoms with van der Waals surface area (Å²) in [4.78, 5) is 37.5. The maximum Gasteiger partial charge on any atom is 0.293 e. The van der Waals surface area contributed by atoms with E-state index in [0.29, 0.717) is 17.8 Å². The molecule has 0 bridgehead atoms. The minimum Gasteiger partial charge on any atom is -0.366 e. The number of hydrogen-bond donors (Lipinski definition) is 2. The summed E-state index contributed by atoms with van der Waals surface area (Å²) in [5.74, 6) is -0.571. The van der Waals surface area contributed by atoms with Gasteiger partial charge in [-0.25, -0.2) is 0 Å². The summed E-state index contributed by atoms with van der Waals surface area (Å²) < 4.78 is 0. The Balaban J connectivity index is 1.71. The van der Waals surface area contributed by atoms with Gasteiger partial charge in [-0.1, -0.05) is 12.1 Å². The quantitative estimate of drug-likeness (QED) is 0.553. The standard InChI is InChI=1S/C21H24N4O4/c1-2-22-20(26)16-7-5-6-15(12-16)14-23-21(27)17-8-9-18(19(13-17)25(28)29)24-10-3-4-11-24/h5-9,12-13H,2-4,10-11,14H2,1H3,(H,22,26)(H,23,27). The third-order valence-corrected chi connectivity index (χ3v) is 4.86. The van der Waals surface area contributed by atoms with E-state index in [2.05, 4.69) is 10.6 Å². The van der Waals surface area contributed by atoms with Crippen molar-refractivity contribution in [3.8, 4) is 0 Å². The van der Waals surface area contributed by atoms with Crippen LogP contribution in [-0.2, 0) is 6.54 Å². The Hall–Kier alpha value is -3.42. The minimum atomic E-state index is -0.444. The van der Waals surface area contributed by atoms with E-state index in [4.69, 9.17) is 0 Å². The van der Waals surface area contributed by atoms with E-state index in [0.717, 1.165) is 31.5 Å². The lowest BCUT2D eigenvalue weighted by atomic mass is 10.1. The monoisotopic (exact) mass is 396 g/mol. The Labute approximate surface area is 169 Å². The van der Waals surface area contributed by atoms with Gasteiger partial charge in [0.1, 0.15) is 5.69 Å². The lowest BCUT2D eigenvalue weighted by Gasteiger charge is -2.17. The van der Waals surface area contributed by atoms with Crippen molar-refractivity contribution in [2.75, 3.05) is 24.5 Å². The first-order valence-electron chi connectivity index (χ1n) is 9.68. The highest BCUT2D eigenvalue weighted by Crippen LogP contribution is 2.31. The third-order valence-electron chi connectivity index (χ3n) is 4.86. The summed E-state index contributed by atoms with van der Waals surface area (Å²) in [7, 11) is 0. The molecule has 1 fully saturated rings. The topological polar surface area (TPSA) is 105 Å². The fraction of sp³-hybridized carbons (Fsp3) is 0.333. The van der Waals surface area contributed by atoms with Crippen molar-refractivity contribution in [1.82, 2.24) is 10.6 Å². The smallest absolute Gasteiger partial charge is 0.293 e. The lowest BCUT2D eigenvalue weighted by molar-refractivity contribution is -0.384. The summed E-state index contributed by atoms with van der Waals surface area (Å²) in [5, 5.41) is 17.0. The van der Waals surface area contributed by atoms with Gasteiger partial charge in [-0.2, -0.15) is 0 Å². The van der Waals surface area contributed by atoms with Crippen LogP contribution in [0.5, 0.6) is 0 Å². The van der Waals surface area contributed by atoms with Gasteiger partial charge in [0.15, 0.2) is 0 Å². The van der Waals surface area contributed by atoms with Crippen LogP contribution in [0, 0.1) is 10.1 Å².